The van der Waals surface area contributed by atoms with E-state index >= 15 is 0 Å². The third-order valence-electron chi connectivity index (χ3n) is 5.03. The van der Waals surface area contributed by atoms with Crippen LogP contribution in [-0.4, -0.2) is 48.8 Å². The highest BCUT2D eigenvalue weighted by atomic mass is 16.3. The number of carbonyl (C=O) groups excluding carboxylic acids is 2. The van der Waals surface area contributed by atoms with Crippen molar-refractivity contribution in [3.8, 4) is 0 Å². The first-order valence-corrected chi connectivity index (χ1v) is 9.36. The number of hydrogen-bond donors (Lipinski definition) is 1. The lowest BCUT2D eigenvalue weighted by atomic mass is 9.94. The van der Waals surface area contributed by atoms with E-state index in [1.54, 1.807) is 20.4 Å². The second-order valence-electron chi connectivity index (χ2n) is 7.21. The number of benzene rings is 1. The summed E-state index contributed by atoms with van der Waals surface area (Å²) in [6.07, 6.45) is 3.25. The molecule has 1 N–H and O–H groups in total. The summed E-state index contributed by atoms with van der Waals surface area (Å²) in [4.78, 5) is 29.2. The molecule has 1 atom stereocenters. The largest absolute Gasteiger partial charge is 0.468 e. The molecule has 1 aromatic heterocycles. The fourth-order valence-electron chi connectivity index (χ4n) is 3.43. The van der Waals surface area contributed by atoms with Crippen LogP contribution in [0.25, 0.3) is 0 Å². The molecule has 0 spiro atoms. The van der Waals surface area contributed by atoms with E-state index in [-0.39, 0.29) is 17.7 Å². The lowest BCUT2D eigenvalue weighted by Crippen LogP contribution is -2.45. The Morgan fingerprint density at radius 3 is 2.44 bits per heavy atom. The molecule has 2 heterocycles. The lowest BCUT2D eigenvalue weighted by Gasteiger charge is -2.31. The van der Waals surface area contributed by atoms with E-state index in [4.69, 9.17) is 4.42 Å². The Bertz CT molecular complexity index is 735. The van der Waals surface area contributed by atoms with Gasteiger partial charge in [-0.1, -0.05) is 30.3 Å². The maximum absolute atomic E-state index is 12.8. The van der Waals surface area contributed by atoms with Gasteiger partial charge in [0.15, 0.2) is 0 Å². The van der Waals surface area contributed by atoms with Crippen LogP contribution in [0.3, 0.4) is 0 Å². The van der Waals surface area contributed by atoms with Crippen molar-refractivity contribution >= 4 is 11.8 Å². The van der Waals surface area contributed by atoms with Gasteiger partial charge in [0.05, 0.1) is 12.8 Å². The van der Waals surface area contributed by atoms with Crippen molar-refractivity contribution in [2.45, 2.75) is 25.4 Å². The molecule has 2 amide bonds. The van der Waals surface area contributed by atoms with Crippen LogP contribution in [-0.2, 0) is 16.1 Å². The van der Waals surface area contributed by atoms with Crippen LogP contribution in [0.15, 0.2) is 53.1 Å². The van der Waals surface area contributed by atoms with Gasteiger partial charge < -0.3 is 14.6 Å². The summed E-state index contributed by atoms with van der Waals surface area (Å²) in [5.74, 6) is 0.708. The Balaban J connectivity index is 1.58. The van der Waals surface area contributed by atoms with E-state index < -0.39 is 6.04 Å². The number of carbonyl (C=O) groups is 2. The summed E-state index contributed by atoms with van der Waals surface area (Å²) >= 11 is 0. The van der Waals surface area contributed by atoms with Crippen LogP contribution in [0, 0.1) is 5.92 Å². The van der Waals surface area contributed by atoms with Crippen molar-refractivity contribution in [2.75, 3.05) is 27.2 Å². The average molecular weight is 369 g/mol. The zero-order valence-electron chi connectivity index (χ0n) is 15.9. The van der Waals surface area contributed by atoms with E-state index in [1.165, 1.54) is 4.90 Å². The molecule has 1 aliphatic rings. The summed E-state index contributed by atoms with van der Waals surface area (Å²) in [5, 5.41) is 2.98. The van der Waals surface area contributed by atoms with Crippen molar-refractivity contribution in [2.24, 2.45) is 5.92 Å². The molecule has 1 saturated heterocycles. The molecule has 1 aliphatic heterocycles. The minimum Gasteiger partial charge on any atom is -0.468 e. The van der Waals surface area contributed by atoms with Crippen LogP contribution in [0.1, 0.15) is 30.2 Å². The molecule has 1 fully saturated rings. The number of amides is 2. The maximum atomic E-state index is 12.8. The number of rotatable bonds is 6. The quantitative estimate of drug-likeness (QED) is 0.849. The summed E-state index contributed by atoms with van der Waals surface area (Å²) in [6, 6.07) is 12.6. The number of piperidine rings is 1. The number of furan rings is 1. The molecular weight excluding hydrogens is 342 g/mol. The molecule has 0 aliphatic carbocycles. The molecule has 27 heavy (non-hydrogen) atoms. The van der Waals surface area contributed by atoms with Crippen LogP contribution in [0.5, 0.6) is 0 Å². The number of likely N-dealkylation sites (N-methyl/N-ethyl adjacent to an activating group) is 1. The van der Waals surface area contributed by atoms with Crippen molar-refractivity contribution in [3.63, 3.8) is 0 Å². The molecule has 2 aromatic rings. The zero-order chi connectivity index (χ0) is 19.2. The second-order valence-corrected chi connectivity index (χ2v) is 7.21. The molecule has 1 unspecified atom stereocenters. The van der Waals surface area contributed by atoms with Gasteiger partial charge in [0.2, 0.25) is 11.8 Å². The average Bonchev–Trinajstić information content (AvgIpc) is 3.19. The standard InChI is InChI=1S/C21H27N3O3/c1-23(2)21(26)19(16-7-4-3-5-8-16)22-20(25)17-10-12-24(13-11-17)15-18-9-6-14-27-18/h3-9,14,17,19H,10-13,15H2,1-2H3,(H,22,25). The van der Waals surface area contributed by atoms with Crippen LogP contribution in [0.4, 0.5) is 0 Å². The molecular formula is C21H27N3O3. The number of hydrogen-bond acceptors (Lipinski definition) is 4. The van der Waals surface area contributed by atoms with E-state index in [1.807, 2.05) is 42.5 Å². The first-order valence-electron chi connectivity index (χ1n) is 9.36. The van der Waals surface area contributed by atoms with Crippen LogP contribution >= 0.6 is 0 Å². The van der Waals surface area contributed by atoms with Gasteiger partial charge in [0.1, 0.15) is 11.8 Å². The van der Waals surface area contributed by atoms with Gasteiger partial charge in [-0.05, 0) is 43.6 Å². The van der Waals surface area contributed by atoms with Gasteiger partial charge in [-0.3, -0.25) is 14.5 Å². The van der Waals surface area contributed by atoms with Crippen molar-refractivity contribution in [1.29, 1.82) is 0 Å². The molecule has 1 aromatic carbocycles. The summed E-state index contributed by atoms with van der Waals surface area (Å²) in [7, 11) is 3.41. The van der Waals surface area contributed by atoms with E-state index in [0.29, 0.717) is 0 Å². The van der Waals surface area contributed by atoms with Gasteiger partial charge >= 0.3 is 0 Å². The third kappa shape index (κ3) is 4.98. The SMILES string of the molecule is CN(C)C(=O)C(NC(=O)C1CCN(Cc2ccco2)CC1)c1ccccc1. The van der Waals surface area contributed by atoms with Crippen LogP contribution in [0.2, 0.25) is 0 Å². The Hall–Kier alpha value is -2.60. The smallest absolute Gasteiger partial charge is 0.249 e. The highest BCUT2D eigenvalue weighted by molar-refractivity contribution is 5.89. The molecule has 144 valence electrons. The third-order valence-corrected chi connectivity index (χ3v) is 5.03. The van der Waals surface area contributed by atoms with Crippen molar-refractivity contribution in [3.05, 3.63) is 60.1 Å². The highest BCUT2D eigenvalue weighted by Crippen LogP contribution is 2.22. The van der Waals surface area contributed by atoms with Crippen molar-refractivity contribution in [1.82, 2.24) is 15.1 Å². The van der Waals surface area contributed by atoms with Gasteiger partial charge in [0.25, 0.3) is 0 Å². The fraction of sp³-hybridized carbons (Fsp3) is 0.429. The molecule has 0 radical (unpaired) electrons. The summed E-state index contributed by atoms with van der Waals surface area (Å²) < 4.78 is 5.40. The maximum Gasteiger partial charge on any atom is 0.249 e. The minimum absolute atomic E-state index is 0.0447. The summed E-state index contributed by atoms with van der Waals surface area (Å²) in [6.45, 7) is 2.46. The Labute approximate surface area is 160 Å². The summed E-state index contributed by atoms with van der Waals surface area (Å²) in [5.41, 5.74) is 0.805. The number of nitrogens with zero attached hydrogens (tertiary/aromatic N) is 2. The van der Waals surface area contributed by atoms with Gasteiger partial charge in [-0.25, -0.2) is 0 Å². The van der Waals surface area contributed by atoms with Crippen LogP contribution < -0.4 is 5.32 Å². The zero-order valence-corrected chi connectivity index (χ0v) is 15.9. The Morgan fingerprint density at radius 2 is 1.85 bits per heavy atom. The molecule has 0 saturated carbocycles. The van der Waals surface area contributed by atoms with Gasteiger partial charge in [-0.2, -0.15) is 0 Å². The second kappa shape index (κ2) is 8.86. The van der Waals surface area contributed by atoms with E-state index in [0.717, 1.165) is 43.8 Å². The molecule has 0 bridgehead atoms. The highest BCUT2D eigenvalue weighted by Gasteiger charge is 2.30. The Kier molecular flexibility index (Phi) is 6.29. The number of nitrogens with one attached hydrogen (secondary N) is 1. The predicted molar refractivity (Wildman–Crippen MR) is 103 cm³/mol. The molecule has 6 nitrogen and oxygen atoms in total. The molecule has 6 heteroatoms. The first kappa shape index (κ1) is 19.2. The minimum atomic E-state index is -0.644. The topological polar surface area (TPSA) is 65.8 Å². The number of likely N-dealkylation sites (tertiary alicyclic amines) is 1. The lowest BCUT2D eigenvalue weighted by molar-refractivity contribution is -0.136. The van der Waals surface area contributed by atoms with Crippen molar-refractivity contribution < 1.29 is 14.0 Å². The normalized spacial score (nSPS) is 16.7. The van der Waals surface area contributed by atoms with E-state index in [2.05, 4.69) is 10.2 Å². The predicted octanol–water partition coefficient (Wildman–Crippen LogP) is 2.44. The Morgan fingerprint density at radius 1 is 1.15 bits per heavy atom. The molecule has 3 rings (SSSR count). The monoisotopic (exact) mass is 369 g/mol. The van der Waals surface area contributed by atoms with E-state index in [9.17, 15) is 9.59 Å². The van der Waals surface area contributed by atoms with Gasteiger partial charge in [-0.15, -0.1) is 0 Å². The fourth-order valence-corrected chi connectivity index (χ4v) is 3.43. The first-order chi connectivity index (χ1) is 13.0. The van der Waals surface area contributed by atoms with Gasteiger partial charge in [0, 0.05) is 20.0 Å².